The first kappa shape index (κ1) is 13.3. The number of hydrogen-bond acceptors (Lipinski definition) is 3. The molecule has 1 heterocycles. The second-order valence-corrected chi connectivity index (χ2v) is 5.20. The third kappa shape index (κ3) is 2.27. The summed E-state index contributed by atoms with van der Waals surface area (Å²) in [5.41, 5.74) is 2.96. The van der Waals surface area contributed by atoms with Crippen LogP contribution in [0.5, 0.6) is 0 Å². The van der Waals surface area contributed by atoms with Crippen molar-refractivity contribution in [3.8, 4) is 0 Å². The summed E-state index contributed by atoms with van der Waals surface area (Å²) in [6.07, 6.45) is 9.62. The zero-order valence-corrected chi connectivity index (χ0v) is 12.0. The van der Waals surface area contributed by atoms with E-state index in [2.05, 4.69) is 0 Å². The summed E-state index contributed by atoms with van der Waals surface area (Å²) in [6, 6.07) is 6.98. The van der Waals surface area contributed by atoms with E-state index in [-0.39, 0.29) is 17.1 Å². The Morgan fingerprint density at radius 2 is 1.52 bits per heavy atom. The molecule has 3 rings (SSSR count). The number of rotatable bonds is 1. The highest BCUT2D eigenvalue weighted by Gasteiger charge is 2.33. The normalized spacial score (nSPS) is 16.6. The Labute approximate surface area is 123 Å². The van der Waals surface area contributed by atoms with Crippen molar-refractivity contribution in [2.24, 2.45) is 0 Å². The van der Waals surface area contributed by atoms with Crippen LogP contribution in [0.15, 0.2) is 71.6 Å². The summed E-state index contributed by atoms with van der Waals surface area (Å²) < 4.78 is 0. The highest BCUT2D eigenvalue weighted by Crippen LogP contribution is 2.29. The molecular weight excluding hydrogens is 262 g/mol. The van der Waals surface area contributed by atoms with Crippen molar-refractivity contribution in [3.63, 3.8) is 0 Å². The monoisotopic (exact) mass is 277 g/mol. The van der Waals surface area contributed by atoms with Crippen LogP contribution in [0, 0.1) is 0 Å². The molecule has 0 aromatic heterocycles. The molecule has 104 valence electrons. The molecule has 3 heteroatoms. The second-order valence-electron chi connectivity index (χ2n) is 5.20. The molecule has 0 N–H and O–H groups in total. The van der Waals surface area contributed by atoms with Gasteiger partial charge in [0.05, 0.1) is 5.57 Å². The highest BCUT2D eigenvalue weighted by atomic mass is 16.2. The van der Waals surface area contributed by atoms with Gasteiger partial charge in [-0.25, -0.2) is 0 Å². The molecule has 0 unspecified atom stereocenters. The molecule has 0 amide bonds. The Balaban J connectivity index is 2.03. The van der Waals surface area contributed by atoms with E-state index in [1.54, 1.807) is 24.3 Å². The lowest BCUT2D eigenvalue weighted by molar-refractivity contribution is 0.0987. The van der Waals surface area contributed by atoms with Crippen molar-refractivity contribution in [1.29, 1.82) is 0 Å². The maximum atomic E-state index is 12.4. The number of hydrogen-bond donors (Lipinski definition) is 0. The molecule has 0 spiro atoms. The average molecular weight is 277 g/mol. The molecule has 0 bridgehead atoms. The van der Waals surface area contributed by atoms with Gasteiger partial charge >= 0.3 is 0 Å². The average Bonchev–Trinajstić information content (AvgIpc) is 2.74. The molecule has 0 radical (unpaired) electrons. The predicted molar refractivity (Wildman–Crippen MR) is 81.9 cm³/mol. The van der Waals surface area contributed by atoms with Crippen LogP contribution >= 0.6 is 0 Å². The number of benzene rings is 1. The molecule has 0 saturated carbocycles. The van der Waals surface area contributed by atoms with Crippen LogP contribution in [0.3, 0.4) is 0 Å². The van der Waals surface area contributed by atoms with Crippen LogP contribution in [0.25, 0.3) is 0 Å². The maximum Gasteiger partial charge on any atom is 0.197 e. The summed E-state index contributed by atoms with van der Waals surface area (Å²) in [6.45, 7) is 1.81. The van der Waals surface area contributed by atoms with Gasteiger partial charge in [0.1, 0.15) is 0 Å². The van der Waals surface area contributed by atoms with E-state index in [0.717, 1.165) is 5.57 Å². The quantitative estimate of drug-likeness (QED) is 0.584. The van der Waals surface area contributed by atoms with Gasteiger partial charge in [-0.2, -0.15) is 0 Å². The number of ketones is 2. The van der Waals surface area contributed by atoms with E-state index < -0.39 is 0 Å². The third-order valence-electron chi connectivity index (χ3n) is 3.65. The lowest BCUT2D eigenvalue weighted by atomic mass is 10.0. The van der Waals surface area contributed by atoms with Crippen LogP contribution < -0.4 is 0 Å². The fraction of sp³-hybridized carbons (Fsp3) is 0.111. The summed E-state index contributed by atoms with van der Waals surface area (Å²) >= 11 is 0. The minimum Gasteiger partial charge on any atom is -0.357 e. The van der Waals surface area contributed by atoms with E-state index in [1.807, 2.05) is 49.5 Å². The Morgan fingerprint density at radius 3 is 2.05 bits per heavy atom. The van der Waals surface area contributed by atoms with E-state index in [0.29, 0.717) is 16.7 Å². The molecule has 0 fully saturated rings. The minimum atomic E-state index is -0.175. The van der Waals surface area contributed by atoms with Crippen molar-refractivity contribution >= 4 is 11.6 Å². The van der Waals surface area contributed by atoms with Gasteiger partial charge in [-0.1, -0.05) is 30.3 Å². The van der Waals surface area contributed by atoms with Gasteiger partial charge in [-0.3, -0.25) is 9.59 Å². The molecule has 0 saturated heterocycles. The molecule has 1 aromatic carbocycles. The first-order valence-electron chi connectivity index (χ1n) is 6.77. The SMILES string of the molecule is CC(C=C1C=CN(C)C=C1)=C1C(=O)c2ccccc2C1=O. The minimum absolute atomic E-state index is 0.175. The standard InChI is InChI=1S/C18H15NO2/c1-12(11-13-7-9-19(2)10-8-13)16-17(20)14-5-3-4-6-15(14)18(16)21/h3-11H,1-2H3. The molecule has 1 aromatic rings. The van der Waals surface area contributed by atoms with Gasteiger partial charge < -0.3 is 4.90 Å². The van der Waals surface area contributed by atoms with E-state index >= 15 is 0 Å². The molecule has 3 nitrogen and oxygen atoms in total. The van der Waals surface area contributed by atoms with Gasteiger partial charge in [0, 0.05) is 30.6 Å². The Morgan fingerprint density at radius 1 is 1.00 bits per heavy atom. The van der Waals surface area contributed by atoms with Crippen molar-refractivity contribution < 1.29 is 9.59 Å². The molecule has 21 heavy (non-hydrogen) atoms. The van der Waals surface area contributed by atoms with E-state index in [4.69, 9.17) is 0 Å². The third-order valence-corrected chi connectivity index (χ3v) is 3.65. The lowest BCUT2D eigenvalue weighted by Crippen LogP contribution is -2.05. The second kappa shape index (κ2) is 5.02. The van der Waals surface area contributed by atoms with Crippen LogP contribution in [-0.2, 0) is 0 Å². The van der Waals surface area contributed by atoms with Crippen molar-refractivity contribution in [2.75, 3.05) is 7.05 Å². The maximum absolute atomic E-state index is 12.4. The van der Waals surface area contributed by atoms with Crippen LogP contribution in [0.2, 0.25) is 0 Å². The van der Waals surface area contributed by atoms with Gasteiger partial charge in [0.2, 0.25) is 0 Å². The predicted octanol–water partition coefficient (Wildman–Crippen LogP) is 3.28. The smallest absolute Gasteiger partial charge is 0.197 e. The van der Waals surface area contributed by atoms with Gasteiger partial charge in [0.15, 0.2) is 11.6 Å². The Hall–Kier alpha value is -2.68. The molecule has 0 atom stereocenters. The lowest BCUT2D eigenvalue weighted by Gasteiger charge is -2.12. The van der Waals surface area contributed by atoms with Crippen molar-refractivity contribution in [1.82, 2.24) is 4.90 Å². The van der Waals surface area contributed by atoms with Crippen LogP contribution in [0.4, 0.5) is 0 Å². The number of carbonyl (C=O) groups excluding carboxylic acids is 2. The largest absolute Gasteiger partial charge is 0.357 e. The summed E-state index contributed by atoms with van der Waals surface area (Å²) in [7, 11) is 1.94. The summed E-state index contributed by atoms with van der Waals surface area (Å²) in [4.78, 5) is 26.7. The number of Topliss-reactive ketones (excluding diaryl/α,β-unsaturated/α-hetero) is 2. The number of nitrogens with zero attached hydrogens (tertiary/aromatic N) is 1. The van der Waals surface area contributed by atoms with Gasteiger partial charge in [-0.05, 0) is 30.2 Å². The molecule has 2 aliphatic rings. The molecule has 1 aliphatic heterocycles. The zero-order valence-electron chi connectivity index (χ0n) is 12.0. The molecular formula is C18H15NO2. The van der Waals surface area contributed by atoms with Crippen molar-refractivity contribution in [2.45, 2.75) is 6.92 Å². The van der Waals surface area contributed by atoms with E-state index in [9.17, 15) is 9.59 Å². The fourth-order valence-electron chi connectivity index (χ4n) is 2.54. The molecule has 1 aliphatic carbocycles. The first-order chi connectivity index (χ1) is 10.1. The van der Waals surface area contributed by atoms with Crippen molar-refractivity contribution in [3.05, 3.63) is 82.7 Å². The van der Waals surface area contributed by atoms with Gasteiger partial charge in [0.25, 0.3) is 0 Å². The van der Waals surface area contributed by atoms with Crippen LogP contribution in [-0.4, -0.2) is 23.5 Å². The first-order valence-corrected chi connectivity index (χ1v) is 6.77. The fourth-order valence-corrected chi connectivity index (χ4v) is 2.54. The summed E-state index contributed by atoms with van der Waals surface area (Å²) in [5.74, 6) is -0.350. The number of carbonyl (C=O) groups is 2. The Kier molecular flexibility index (Phi) is 3.18. The van der Waals surface area contributed by atoms with E-state index in [1.165, 1.54) is 0 Å². The highest BCUT2D eigenvalue weighted by molar-refractivity contribution is 6.39. The number of allylic oxidation sites excluding steroid dienone is 6. The number of fused-ring (bicyclic) bond motifs is 1. The Bertz CT molecular complexity index is 710. The summed E-state index contributed by atoms with van der Waals surface area (Å²) in [5, 5.41) is 0. The van der Waals surface area contributed by atoms with Crippen LogP contribution in [0.1, 0.15) is 27.6 Å². The zero-order chi connectivity index (χ0) is 15.0. The topological polar surface area (TPSA) is 37.4 Å². The van der Waals surface area contributed by atoms with Gasteiger partial charge in [-0.15, -0.1) is 0 Å².